The molecule has 0 atom stereocenters. The molecule has 0 aromatic carbocycles. The molecule has 0 unspecified atom stereocenters. The summed E-state index contributed by atoms with van der Waals surface area (Å²) < 4.78 is 0. The van der Waals surface area contributed by atoms with Gasteiger partial charge in [0.05, 0.1) is 10.8 Å². The molecule has 0 heterocycles. The van der Waals surface area contributed by atoms with E-state index >= 15 is 0 Å². The average Bonchev–Trinajstić information content (AvgIpc) is 2.60. The monoisotopic (exact) mass is 438 g/mol. The van der Waals surface area contributed by atoms with Crippen molar-refractivity contribution in [2.45, 2.75) is 88.5 Å². The van der Waals surface area contributed by atoms with Crippen molar-refractivity contribution in [3.8, 4) is 0 Å². The standard InChI is InChI=1S/C25H46N2O4/c1-16(2)24(17(3)4,20(9)28)14-26-22(30)12-11-13-23(31)27-15-25(18(5)6,19(7)8)21(10)29/h16-19H,11-15H2,1-10H3,(H,26,30)(H,27,31). The molecular formula is C25H46N2O4. The van der Waals surface area contributed by atoms with Crippen LogP contribution in [0.15, 0.2) is 0 Å². The molecule has 31 heavy (non-hydrogen) atoms. The Kier molecular flexibility index (Phi) is 11.7. The van der Waals surface area contributed by atoms with Crippen LogP contribution >= 0.6 is 0 Å². The van der Waals surface area contributed by atoms with E-state index in [0.717, 1.165) is 0 Å². The third-order valence-corrected chi connectivity index (χ3v) is 7.40. The topological polar surface area (TPSA) is 92.3 Å². The Morgan fingerprint density at radius 2 is 0.839 bits per heavy atom. The molecule has 0 spiro atoms. The van der Waals surface area contributed by atoms with E-state index in [1.165, 1.54) is 0 Å². The van der Waals surface area contributed by atoms with Crippen molar-refractivity contribution >= 4 is 23.4 Å². The Morgan fingerprint density at radius 1 is 0.581 bits per heavy atom. The molecule has 2 N–H and O–H groups in total. The van der Waals surface area contributed by atoms with E-state index in [4.69, 9.17) is 0 Å². The minimum Gasteiger partial charge on any atom is -0.355 e. The summed E-state index contributed by atoms with van der Waals surface area (Å²) in [4.78, 5) is 49.3. The fourth-order valence-corrected chi connectivity index (χ4v) is 5.10. The maximum atomic E-state index is 12.3. The van der Waals surface area contributed by atoms with Crippen molar-refractivity contribution in [3.63, 3.8) is 0 Å². The molecule has 0 saturated carbocycles. The average molecular weight is 439 g/mol. The fraction of sp³-hybridized carbons (Fsp3) is 0.840. The summed E-state index contributed by atoms with van der Waals surface area (Å²) in [5.41, 5.74) is -1.17. The Hall–Kier alpha value is -1.72. The highest BCUT2D eigenvalue weighted by Crippen LogP contribution is 2.37. The fourth-order valence-electron chi connectivity index (χ4n) is 5.10. The second-order valence-corrected chi connectivity index (χ2v) is 10.2. The third-order valence-electron chi connectivity index (χ3n) is 7.40. The summed E-state index contributed by atoms with van der Waals surface area (Å²) in [5, 5.41) is 5.81. The zero-order valence-electron chi connectivity index (χ0n) is 21.5. The van der Waals surface area contributed by atoms with Gasteiger partial charge in [0, 0.05) is 25.9 Å². The van der Waals surface area contributed by atoms with Gasteiger partial charge in [0.25, 0.3) is 0 Å². The number of amides is 2. The van der Waals surface area contributed by atoms with Gasteiger partial charge in [-0.1, -0.05) is 55.4 Å². The van der Waals surface area contributed by atoms with E-state index in [1.54, 1.807) is 13.8 Å². The van der Waals surface area contributed by atoms with Crippen LogP contribution in [0.1, 0.15) is 88.5 Å². The second-order valence-electron chi connectivity index (χ2n) is 10.2. The Bertz CT molecular complexity index is 565. The van der Waals surface area contributed by atoms with Gasteiger partial charge >= 0.3 is 0 Å². The number of carbonyl (C=O) groups is 4. The first kappa shape index (κ1) is 29.3. The normalized spacial score (nSPS) is 12.6. The largest absolute Gasteiger partial charge is 0.355 e. The zero-order valence-corrected chi connectivity index (χ0v) is 21.5. The molecule has 0 aromatic rings. The van der Waals surface area contributed by atoms with Crippen molar-refractivity contribution in [2.24, 2.45) is 34.5 Å². The van der Waals surface area contributed by atoms with Gasteiger partial charge in [-0.25, -0.2) is 0 Å². The summed E-state index contributed by atoms with van der Waals surface area (Å²) in [6.07, 6.45) is 0.873. The molecule has 0 aliphatic heterocycles. The first-order valence-electron chi connectivity index (χ1n) is 11.7. The van der Waals surface area contributed by atoms with Crippen molar-refractivity contribution < 1.29 is 19.2 Å². The molecule has 6 nitrogen and oxygen atoms in total. The van der Waals surface area contributed by atoms with E-state index < -0.39 is 10.8 Å². The molecule has 0 radical (unpaired) electrons. The number of nitrogens with one attached hydrogen (secondary N) is 2. The van der Waals surface area contributed by atoms with E-state index in [0.29, 0.717) is 19.5 Å². The third kappa shape index (κ3) is 7.15. The first-order valence-corrected chi connectivity index (χ1v) is 11.7. The van der Waals surface area contributed by atoms with E-state index in [-0.39, 0.29) is 59.9 Å². The van der Waals surface area contributed by atoms with Gasteiger partial charge in [-0.2, -0.15) is 0 Å². The van der Waals surface area contributed by atoms with Crippen LogP contribution in [0.3, 0.4) is 0 Å². The SMILES string of the molecule is CC(=O)C(CNC(=O)CCCC(=O)NCC(C(C)=O)(C(C)C)C(C)C)(C(C)C)C(C)C. The summed E-state index contributed by atoms with van der Waals surface area (Å²) in [5.74, 6) is 0.311. The van der Waals surface area contributed by atoms with Crippen LogP contribution < -0.4 is 10.6 Å². The quantitative estimate of drug-likeness (QED) is 0.426. The van der Waals surface area contributed by atoms with Gasteiger partial charge in [0.1, 0.15) is 11.6 Å². The zero-order chi connectivity index (χ0) is 24.6. The summed E-state index contributed by atoms with van der Waals surface area (Å²) >= 11 is 0. The van der Waals surface area contributed by atoms with Crippen LogP contribution in [0.4, 0.5) is 0 Å². The molecule has 0 fully saturated rings. The lowest BCUT2D eigenvalue weighted by atomic mass is 9.66. The molecule has 0 rings (SSSR count). The Morgan fingerprint density at radius 3 is 1.03 bits per heavy atom. The number of hydrogen-bond acceptors (Lipinski definition) is 4. The Balaban J connectivity index is 4.72. The van der Waals surface area contributed by atoms with Gasteiger partial charge < -0.3 is 10.6 Å². The maximum Gasteiger partial charge on any atom is 0.220 e. The highest BCUT2D eigenvalue weighted by molar-refractivity contribution is 5.85. The summed E-state index contributed by atoms with van der Waals surface area (Å²) in [6.45, 7) is 19.9. The number of carbonyl (C=O) groups excluding carboxylic acids is 4. The smallest absolute Gasteiger partial charge is 0.220 e. The van der Waals surface area contributed by atoms with Gasteiger partial charge in [-0.05, 0) is 43.9 Å². The highest BCUT2D eigenvalue weighted by Gasteiger charge is 2.42. The van der Waals surface area contributed by atoms with Crippen LogP contribution in [-0.2, 0) is 19.2 Å². The highest BCUT2D eigenvalue weighted by atomic mass is 16.2. The molecule has 0 aliphatic carbocycles. The minimum absolute atomic E-state index is 0.0847. The number of Topliss-reactive ketones (excluding diaryl/α,β-unsaturated/α-hetero) is 2. The van der Waals surface area contributed by atoms with Gasteiger partial charge in [-0.3, -0.25) is 19.2 Å². The summed E-state index contributed by atoms with van der Waals surface area (Å²) in [6, 6.07) is 0. The molecule has 0 saturated heterocycles. The van der Waals surface area contributed by atoms with E-state index in [2.05, 4.69) is 10.6 Å². The molecule has 6 heteroatoms. The number of hydrogen-bond donors (Lipinski definition) is 2. The maximum absolute atomic E-state index is 12.3. The molecular weight excluding hydrogens is 392 g/mol. The minimum atomic E-state index is -0.587. The van der Waals surface area contributed by atoms with Crippen molar-refractivity contribution in [2.75, 3.05) is 13.1 Å². The van der Waals surface area contributed by atoms with Gasteiger partial charge in [0.15, 0.2) is 0 Å². The molecule has 2 amide bonds. The lowest BCUT2D eigenvalue weighted by molar-refractivity contribution is -0.134. The molecule has 0 aromatic heterocycles. The van der Waals surface area contributed by atoms with Crippen LogP contribution in [0.2, 0.25) is 0 Å². The lowest BCUT2D eigenvalue weighted by Crippen LogP contribution is -2.49. The molecule has 180 valence electrons. The van der Waals surface area contributed by atoms with Crippen molar-refractivity contribution in [1.29, 1.82) is 0 Å². The predicted octanol–water partition coefficient (Wildman–Crippen LogP) is 4.16. The summed E-state index contributed by atoms with van der Waals surface area (Å²) in [7, 11) is 0. The molecule has 0 bridgehead atoms. The van der Waals surface area contributed by atoms with E-state index in [9.17, 15) is 19.2 Å². The lowest BCUT2D eigenvalue weighted by Gasteiger charge is -2.39. The van der Waals surface area contributed by atoms with Gasteiger partial charge in [-0.15, -0.1) is 0 Å². The number of ketones is 2. The first-order chi connectivity index (χ1) is 14.2. The van der Waals surface area contributed by atoms with Crippen molar-refractivity contribution in [3.05, 3.63) is 0 Å². The molecule has 0 aliphatic rings. The van der Waals surface area contributed by atoms with Crippen LogP contribution in [-0.4, -0.2) is 36.5 Å². The van der Waals surface area contributed by atoms with Crippen LogP contribution in [0.5, 0.6) is 0 Å². The van der Waals surface area contributed by atoms with Crippen LogP contribution in [0, 0.1) is 34.5 Å². The van der Waals surface area contributed by atoms with Crippen LogP contribution in [0.25, 0.3) is 0 Å². The van der Waals surface area contributed by atoms with Crippen molar-refractivity contribution in [1.82, 2.24) is 10.6 Å². The second kappa shape index (κ2) is 12.4. The van der Waals surface area contributed by atoms with E-state index in [1.807, 2.05) is 55.4 Å². The number of rotatable bonds is 14. The Labute approximate surface area is 189 Å². The predicted molar refractivity (Wildman–Crippen MR) is 125 cm³/mol. The van der Waals surface area contributed by atoms with Gasteiger partial charge in [0.2, 0.25) is 11.8 Å².